The van der Waals surface area contributed by atoms with E-state index in [2.05, 4.69) is 10.0 Å². The molecule has 0 aromatic heterocycles. The van der Waals surface area contributed by atoms with Gasteiger partial charge in [0.05, 0.1) is 6.04 Å². The van der Waals surface area contributed by atoms with Gasteiger partial charge >= 0.3 is 0 Å². The number of hydrogen-bond acceptors (Lipinski definition) is 3. The van der Waals surface area contributed by atoms with Crippen LogP contribution >= 0.6 is 0 Å². The Bertz CT molecular complexity index is 1180. The maximum Gasteiger partial charge on any atom is 0.244 e. The molecule has 0 aliphatic heterocycles. The van der Waals surface area contributed by atoms with Crippen molar-refractivity contribution in [3.8, 4) is 0 Å². The van der Waals surface area contributed by atoms with E-state index in [1.807, 2.05) is 54.6 Å². The van der Waals surface area contributed by atoms with Crippen molar-refractivity contribution in [2.45, 2.75) is 36.2 Å². The second kappa shape index (κ2) is 8.99. The molecule has 0 spiro atoms. The summed E-state index contributed by atoms with van der Waals surface area (Å²) < 4.78 is 42.3. The van der Waals surface area contributed by atoms with E-state index in [1.165, 1.54) is 23.8 Å². The van der Waals surface area contributed by atoms with E-state index in [-0.39, 0.29) is 12.5 Å². The maximum atomic E-state index is 14.1. The van der Waals surface area contributed by atoms with E-state index in [0.717, 1.165) is 30.0 Å². The summed E-state index contributed by atoms with van der Waals surface area (Å²) in [6, 6.07) is 20.9. The zero-order chi connectivity index (χ0) is 21.8. The van der Waals surface area contributed by atoms with E-state index in [9.17, 15) is 17.6 Å². The molecule has 2 atom stereocenters. The summed E-state index contributed by atoms with van der Waals surface area (Å²) in [4.78, 5) is 12.7. The minimum atomic E-state index is -4.24. The highest BCUT2D eigenvalue weighted by atomic mass is 32.2. The molecule has 3 aromatic carbocycles. The number of carbonyl (C=O) groups is 1. The smallest absolute Gasteiger partial charge is 0.244 e. The molecule has 160 valence electrons. The molecule has 1 amide bonds. The van der Waals surface area contributed by atoms with Crippen LogP contribution in [0.15, 0.2) is 83.8 Å². The highest BCUT2D eigenvalue weighted by Crippen LogP contribution is 2.30. The van der Waals surface area contributed by atoms with Crippen LogP contribution in [0.5, 0.6) is 0 Å². The van der Waals surface area contributed by atoms with Crippen LogP contribution in [0.3, 0.4) is 0 Å². The van der Waals surface area contributed by atoms with Crippen LogP contribution in [0.25, 0.3) is 0 Å². The third kappa shape index (κ3) is 4.84. The topological polar surface area (TPSA) is 75.3 Å². The summed E-state index contributed by atoms with van der Waals surface area (Å²) in [6.07, 6.45) is 1.75. The van der Waals surface area contributed by atoms with Crippen LogP contribution in [-0.4, -0.2) is 20.4 Å². The van der Waals surface area contributed by atoms with Gasteiger partial charge in [-0.2, -0.15) is 4.72 Å². The second-order valence-corrected chi connectivity index (χ2v) is 9.28. The Morgan fingerprint density at radius 2 is 1.65 bits per heavy atom. The number of amides is 1. The first-order valence-corrected chi connectivity index (χ1v) is 11.6. The average molecular weight is 439 g/mol. The first-order chi connectivity index (χ1) is 14.9. The molecular weight excluding hydrogens is 415 g/mol. The fourth-order valence-corrected chi connectivity index (χ4v) is 5.20. The monoisotopic (exact) mass is 438 g/mol. The zero-order valence-electron chi connectivity index (χ0n) is 16.8. The number of carbonyl (C=O) groups excluding carboxylic acids is 1. The molecule has 31 heavy (non-hydrogen) atoms. The van der Waals surface area contributed by atoms with Crippen molar-refractivity contribution in [2.75, 3.05) is 0 Å². The van der Waals surface area contributed by atoms with E-state index < -0.39 is 32.7 Å². The lowest BCUT2D eigenvalue weighted by molar-refractivity contribution is -0.123. The predicted molar refractivity (Wildman–Crippen MR) is 116 cm³/mol. The Balaban J connectivity index is 1.58. The molecule has 0 heterocycles. The van der Waals surface area contributed by atoms with Crippen molar-refractivity contribution in [1.82, 2.24) is 10.0 Å². The molecule has 7 heteroatoms. The number of hydrogen-bond donors (Lipinski definition) is 2. The summed E-state index contributed by atoms with van der Waals surface area (Å²) in [5.41, 5.74) is 3.02. The van der Waals surface area contributed by atoms with E-state index in [0.29, 0.717) is 0 Å². The second-order valence-electron chi connectivity index (χ2n) is 7.59. The van der Waals surface area contributed by atoms with E-state index in [4.69, 9.17) is 0 Å². The molecular formula is C24H23FN2O3S. The summed E-state index contributed by atoms with van der Waals surface area (Å²) in [6.45, 7) is 0. The van der Waals surface area contributed by atoms with Crippen molar-refractivity contribution in [2.24, 2.45) is 0 Å². The van der Waals surface area contributed by atoms with Gasteiger partial charge in [0.1, 0.15) is 16.8 Å². The number of rotatable bonds is 7. The van der Waals surface area contributed by atoms with Gasteiger partial charge in [0.15, 0.2) is 0 Å². The van der Waals surface area contributed by atoms with Gasteiger partial charge in [-0.1, -0.05) is 66.7 Å². The van der Waals surface area contributed by atoms with Crippen molar-refractivity contribution in [3.05, 3.63) is 101 Å². The number of benzene rings is 3. The van der Waals surface area contributed by atoms with Crippen molar-refractivity contribution in [1.29, 1.82) is 0 Å². The van der Waals surface area contributed by atoms with Crippen LogP contribution in [0, 0.1) is 5.82 Å². The molecule has 3 aromatic rings. The van der Waals surface area contributed by atoms with Gasteiger partial charge in [-0.05, 0) is 48.1 Å². The molecule has 0 bridgehead atoms. The Kier molecular flexibility index (Phi) is 6.15. The van der Waals surface area contributed by atoms with Crippen LogP contribution in [0.2, 0.25) is 0 Å². The molecule has 1 aliphatic rings. The van der Waals surface area contributed by atoms with Gasteiger partial charge in [-0.15, -0.1) is 0 Å². The summed E-state index contributed by atoms with van der Waals surface area (Å²) >= 11 is 0. The molecule has 0 radical (unpaired) electrons. The lowest BCUT2D eigenvalue weighted by Crippen LogP contribution is -2.48. The van der Waals surface area contributed by atoms with Crippen LogP contribution in [0.1, 0.15) is 29.2 Å². The third-order valence-electron chi connectivity index (χ3n) is 5.47. The van der Waals surface area contributed by atoms with Gasteiger partial charge in [0.25, 0.3) is 0 Å². The molecule has 0 saturated carbocycles. The number of fused-ring (bicyclic) bond motifs is 1. The first-order valence-electron chi connectivity index (χ1n) is 10.1. The van der Waals surface area contributed by atoms with Gasteiger partial charge < -0.3 is 5.32 Å². The Morgan fingerprint density at radius 1 is 0.968 bits per heavy atom. The molecule has 5 nitrogen and oxygen atoms in total. The quantitative estimate of drug-likeness (QED) is 0.593. The summed E-state index contributed by atoms with van der Waals surface area (Å²) in [7, 11) is -4.24. The maximum absolute atomic E-state index is 14.1. The van der Waals surface area contributed by atoms with Crippen LogP contribution < -0.4 is 10.0 Å². The van der Waals surface area contributed by atoms with Gasteiger partial charge in [0, 0.05) is 0 Å². The minimum Gasteiger partial charge on any atom is -0.348 e. The van der Waals surface area contributed by atoms with Crippen LogP contribution in [0.4, 0.5) is 4.39 Å². The first kappa shape index (κ1) is 21.2. The lowest BCUT2D eigenvalue weighted by atomic mass is 10.0. The highest BCUT2D eigenvalue weighted by Gasteiger charge is 2.31. The summed E-state index contributed by atoms with van der Waals surface area (Å²) in [5, 5.41) is 2.98. The van der Waals surface area contributed by atoms with E-state index in [1.54, 1.807) is 0 Å². The van der Waals surface area contributed by atoms with Gasteiger partial charge in [-0.25, -0.2) is 12.8 Å². The molecule has 0 saturated heterocycles. The van der Waals surface area contributed by atoms with Crippen molar-refractivity contribution >= 4 is 15.9 Å². The summed E-state index contributed by atoms with van der Waals surface area (Å²) in [5.74, 6) is -1.30. The molecule has 1 unspecified atom stereocenters. The van der Waals surface area contributed by atoms with E-state index >= 15 is 0 Å². The lowest BCUT2D eigenvalue weighted by Gasteiger charge is -2.22. The molecule has 2 N–H and O–H groups in total. The van der Waals surface area contributed by atoms with Crippen LogP contribution in [-0.2, 0) is 27.7 Å². The Morgan fingerprint density at radius 3 is 2.42 bits per heavy atom. The SMILES string of the molecule is O=C(NC1CCc2ccccc21)[C@H](Cc1ccccc1)NS(=O)(=O)c1ccccc1F. The number of aryl methyl sites for hydroxylation is 1. The predicted octanol–water partition coefficient (Wildman–Crippen LogP) is 3.52. The molecule has 0 fully saturated rings. The normalized spacial score (nSPS) is 16.5. The van der Waals surface area contributed by atoms with Crippen molar-refractivity contribution < 1.29 is 17.6 Å². The zero-order valence-corrected chi connectivity index (χ0v) is 17.6. The standard InChI is InChI=1S/C24H23FN2O3S/c25-20-12-6-7-13-23(20)31(29,30)27-22(16-17-8-2-1-3-9-17)24(28)26-21-15-14-18-10-4-5-11-19(18)21/h1-13,21-22,27H,14-16H2,(H,26,28)/t21?,22-/m0/s1. The number of nitrogens with one attached hydrogen (secondary N) is 2. The average Bonchev–Trinajstić information content (AvgIpc) is 3.17. The molecule has 4 rings (SSSR count). The number of halogens is 1. The highest BCUT2D eigenvalue weighted by molar-refractivity contribution is 7.89. The van der Waals surface area contributed by atoms with Gasteiger partial charge in [-0.3, -0.25) is 4.79 Å². The third-order valence-corrected chi connectivity index (χ3v) is 6.98. The minimum absolute atomic E-state index is 0.148. The number of sulfonamides is 1. The Hall–Kier alpha value is -3.03. The fourth-order valence-electron chi connectivity index (χ4n) is 3.93. The fraction of sp³-hybridized carbons (Fsp3) is 0.208. The van der Waals surface area contributed by atoms with Gasteiger partial charge in [0.2, 0.25) is 15.9 Å². The largest absolute Gasteiger partial charge is 0.348 e. The van der Waals surface area contributed by atoms with Crippen molar-refractivity contribution in [3.63, 3.8) is 0 Å². The molecule has 1 aliphatic carbocycles. The Labute approximate surface area is 181 Å².